The molecule has 0 N–H and O–H groups in total. The van der Waals surface area contributed by atoms with Crippen LogP contribution in [0.1, 0.15) is 85.3 Å². The highest BCUT2D eigenvalue weighted by atomic mass is 16.1. The zero-order valence-corrected chi connectivity index (χ0v) is 25.3. The number of hydrogen-bond acceptors (Lipinski definition) is 2. The van der Waals surface area contributed by atoms with Crippen LogP contribution in [0, 0.1) is 5.41 Å². The van der Waals surface area contributed by atoms with Crippen molar-refractivity contribution >= 4 is 22.9 Å². The van der Waals surface area contributed by atoms with Gasteiger partial charge in [0, 0.05) is 52.9 Å². The molecule has 2 aromatic rings. The van der Waals surface area contributed by atoms with E-state index in [0.29, 0.717) is 12.2 Å². The third kappa shape index (κ3) is 5.73. The van der Waals surface area contributed by atoms with Crippen LogP contribution < -0.4 is 4.90 Å². The summed E-state index contributed by atoms with van der Waals surface area (Å²) in [6, 6.07) is 17.5. The van der Waals surface area contributed by atoms with Crippen LogP contribution in [-0.4, -0.2) is 29.7 Å². The molecule has 0 aromatic heterocycles. The minimum atomic E-state index is -0.236. The van der Waals surface area contributed by atoms with Crippen molar-refractivity contribution in [3.63, 3.8) is 0 Å². The first kappa shape index (κ1) is 28.8. The van der Waals surface area contributed by atoms with Crippen LogP contribution in [0.4, 0.5) is 11.4 Å². The lowest BCUT2D eigenvalue weighted by Crippen LogP contribution is -2.27. The van der Waals surface area contributed by atoms with Gasteiger partial charge in [0.2, 0.25) is 5.69 Å². The fourth-order valence-corrected chi connectivity index (χ4v) is 6.15. The summed E-state index contributed by atoms with van der Waals surface area (Å²) >= 11 is 0. The van der Waals surface area contributed by atoms with Gasteiger partial charge in [-0.05, 0) is 44.4 Å². The highest BCUT2D eigenvalue weighted by Gasteiger charge is 2.42. The second-order valence-corrected chi connectivity index (χ2v) is 13.2. The summed E-state index contributed by atoms with van der Waals surface area (Å²) in [6.45, 7) is 16.3. The molecule has 4 rings (SSSR count). The summed E-state index contributed by atoms with van der Waals surface area (Å²) in [5, 5.41) is 0. The van der Waals surface area contributed by atoms with E-state index in [1.54, 1.807) is 0 Å². The van der Waals surface area contributed by atoms with Gasteiger partial charge in [0.1, 0.15) is 12.8 Å². The molecule has 2 aromatic carbocycles. The van der Waals surface area contributed by atoms with Crippen molar-refractivity contribution in [3.05, 3.63) is 95.7 Å². The van der Waals surface area contributed by atoms with Crippen LogP contribution in [-0.2, 0) is 15.6 Å². The smallest absolute Gasteiger partial charge is 0.209 e. The van der Waals surface area contributed by atoms with Gasteiger partial charge >= 0.3 is 0 Å². The minimum Gasteiger partial charge on any atom is -0.344 e. The van der Waals surface area contributed by atoms with Crippen LogP contribution >= 0.6 is 0 Å². The molecule has 3 heteroatoms. The maximum absolute atomic E-state index is 12.3. The van der Waals surface area contributed by atoms with Crippen molar-refractivity contribution in [1.82, 2.24) is 0 Å². The highest BCUT2D eigenvalue weighted by molar-refractivity contribution is 6.03. The molecular formula is C36H47N2O+. The number of benzene rings is 2. The zero-order valence-electron chi connectivity index (χ0n) is 25.3. The second-order valence-electron chi connectivity index (χ2n) is 13.2. The average Bonchev–Trinajstić information content (AvgIpc) is 3.22. The first-order chi connectivity index (χ1) is 18.4. The Morgan fingerprint density at radius 1 is 0.846 bits per heavy atom. The molecule has 2 heterocycles. The Hall–Kier alpha value is -3.20. The number of unbranched alkanes of at least 4 members (excludes halogenated alkanes) is 2. The largest absolute Gasteiger partial charge is 0.344 e. The van der Waals surface area contributed by atoms with Crippen LogP contribution in [0.15, 0.2) is 84.6 Å². The lowest BCUT2D eigenvalue weighted by atomic mass is 9.81. The average molecular weight is 524 g/mol. The van der Waals surface area contributed by atoms with E-state index in [2.05, 4.69) is 123 Å². The van der Waals surface area contributed by atoms with Crippen LogP contribution in [0.2, 0.25) is 0 Å². The zero-order chi connectivity index (χ0) is 28.4. The molecule has 39 heavy (non-hydrogen) atoms. The normalized spacial score (nSPS) is 19.0. The number of ketones is 1. The summed E-state index contributed by atoms with van der Waals surface area (Å²) in [5.41, 5.74) is 7.68. The maximum Gasteiger partial charge on any atom is 0.209 e. The van der Waals surface area contributed by atoms with Gasteiger partial charge in [0.15, 0.2) is 5.71 Å². The SMILES string of the molecule is C[N+]1=C(/C=C/C=C/C=C2/N(CCCCCC(=O)C(C)(C)C)c3ccccc3C2(C)C)C(C)(C)c2ccccc21. The van der Waals surface area contributed by atoms with Crippen LogP contribution in [0.3, 0.4) is 0 Å². The fraction of sp³-hybridized carbons (Fsp3) is 0.444. The van der Waals surface area contributed by atoms with Crippen molar-refractivity contribution in [1.29, 1.82) is 0 Å². The number of hydrogen-bond donors (Lipinski definition) is 0. The Labute approximate surface area is 236 Å². The van der Waals surface area contributed by atoms with Gasteiger partial charge in [-0.25, -0.2) is 0 Å². The number of Topliss-reactive ketones (excluding diaryl/α,β-unsaturated/α-hetero) is 1. The second kappa shape index (κ2) is 11.1. The Balaban J connectivity index is 1.47. The molecule has 0 radical (unpaired) electrons. The number of rotatable bonds is 9. The molecule has 0 bridgehead atoms. The molecule has 3 nitrogen and oxygen atoms in total. The van der Waals surface area contributed by atoms with E-state index in [1.165, 1.54) is 33.9 Å². The molecule has 0 aliphatic carbocycles. The molecule has 0 saturated heterocycles. The summed E-state index contributed by atoms with van der Waals surface area (Å²) in [5.74, 6) is 0.364. The topological polar surface area (TPSA) is 23.3 Å². The Bertz CT molecular complexity index is 1340. The molecule has 0 saturated carbocycles. The van der Waals surface area contributed by atoms with Gasteiger partial charge in [-0.3, -0.25) is 4.79 Å². The van der Waals surface area contributed by atoms with Crippen LogP contribution in [0.25, 0.3) is 0 Å². The molecule has 0 spiro atoms. The molecule has 0 atom stereocenters. The molecule has 0 unspecified atom stereocenters. The van der Waals surface area contributed by atoms with Crippen molar-refractivity contribution in [2.24, 2.45) is 5.41 Å². The first-order valence-corrected chi connectivity index (χ1v) is 14.5. The van der Waals surface area contributed by atoms with Crippen LogP contribution in [0.5, 0.6) is 0 Å². The number of allylic oxidation sites excluding steroid dienone is 6. The van der Waals surface area contributed by atoms with Gasteiger partial charge in [-0.1, -0.05) is 95.7 Å². The third-order valence-corrected chi connectivity index (χ3v) is 8.59. The Morgan fingerprint density at radius 3 is 2.21 bits per heavy atom. The Kier molecular flexibility index (Phi) is 8.21. The monoisotopic (exact) mass is 523 g/mol. The van der Waals surface area contributed by atoms with Gasteiger partial charge in [-0.2, -0.15) is 4.58 Å². The van der Waals surface area contributed by atoms with E-state index < -0.39 is 0 Å². The summed E-state index contributed by atoms with van der Waals surface area (Å²) in [7, 11) is 2.16. The summed E-state index contributed by atoms with van der Waals surface area (Å²) in [4.78, 5) is 14.8. The number of carbonyl (C=O) groups is 1. The molecule has 2 aliphatic heterocycles. The van der Waals surface area contributed by atoms with E-state index in [4.69, 9.17) is 0 Å². The minimum absolute atomic E-state index is 0.0163. The maximum atomic E-state index is 12.3. The number of fused-ring (bicyclic) bond motifs is 2. The van der Waals surface area contributed by atoms with E-state index in [0.717, 1.165) is 25.8 Å². The van der Waals surface area contributed by atoms with E-state index in [1.807, 2.05) is 20.8 Å². The molecule has 206 valence electrons. The van der Waals surface area contributed by atoms with Crippen molar-refractivity contribution in [3.8, 4) is 0 Å². The van der Waals surface area contributed by atoms with Crippen molar-refractivity contribution in [2.45, 2.75) is 85.0 Å². The van der Waals surface area contributed by atoms with Gasteiger partial charge < -0.3 is 4.90 Å². The molecular weight excluding hydrogens is 476 g/mol. The lowest BCUT2D eigenvalue weighted by molar-refractivity contribution is -0.401. The number of anilines is 1. The summed E-state index contributed by atoms with van der Waals surface area (Å²) < 4.78 is 2.31. The van der Waals surface area contributed by atoms with Crippen molar-refractivity contribution in [2.75, 3.05) is 18.5 Å². The predicted octanol–water partition coefficient (Wildman–Crippen LogP) is 8.66. The standard InChI is InChI=1S/C36H47N2O/c1-34(2,3)33(39)25-13-10-18-26-38-30-22-17-15-20-28(30)36(6,7)32(38)24-12-9-11-23-31-35(4,5)27-19-14-16-21-29(27)37(31)8/h9,11-12,14-17,19-24H,10,13,18,25-26H2,1-8H3/q+1. The molecule has 2 aliphatic rings. The number of nitrogens with zero attached hydrogens (tertiary/aromatic N) is 2. The van der Waals surface area contributed by atoms with Crippen molar-refractivity contribution < 1.29 is 9.37 Å². The fourth-order valence-electron chi connectivity index (χ4n) is 6.15. The predicted molar refractivity (Wildman–Crippen MR) is 166 cm³/mol. The van der Waals surface area contributed by atoms with E-state index in [-0.39, 0.29) is 16.2 Å². The number of para-hydroxylation sites is 2. The Morgan fingerprint density at radius 2 is 1.51 bits per heavy atom. The van der Waals surface area contributed by atoms with E-state index in [9.17, 15) is 4.79 Å². The lowest BCUT2D eigenvalue weighted by Gasteiger charge is -2.27. The number of carbonyl (C=O) groups excluding carboxylic acids is 1. The van der Waals surface area contributed by atoms with E-state index >= 15 is 0 Å². The molecule has 0 fully saturated rings. The van der Waals surface area contributed by atoms with Gasteiger partial charge in [0.05, 0.1) is 5.41 Å². The highest BCUT2D eigenvalue weighted by Crippen LogP contribution is 2.47. The molecule has 0 amide bonds. The summed E-state index contributed by atoms with van der Waals surface area (Å²) in [6.07, 6.45) is 14.8. The quantitative estimate of drug-likeness (QED) is 0.186. The van der Waals surface area contributed by atoms with Gasteiger partial charge in [0.25, 0.3) is 0 Å². The third-order valence-electron chi connectivity index (χ3n) is 8.59. The van der Waals surface area contributed by atoms with Gasteiger partial charge in [-0.15, -0.1) is 0 Å². The first-order valence-electron chi connectivity index (χ1n) is 14.5.